The van der Waals surface area contributed by atoms with E-state index >= 15 is 0 Å². The topological polar surface area (TPSA) is 69.2 Å². The lowest BCUT2D eigenvalue weighted by Gasteiger charge is -2.28. The number of anilines is 1. The van der Waals surface area contributed by atoms with Crippen molar-refractivity contribution in [3.8, 4) is 0 Å². The fourth-order valence-corrected chi connectivity index (χ4v) is 3.63. The van der Waals surface area contributed by atoms with E-state index in [1.807, 2.05) is 19.1 Å². The summed E-state index contributed by atoms with van der Waals surface area (Å²) in [6.45, 7) is 1.81. The van der Waals surface area contributed by atoms with Crippen LogP contribution < -0.4 is 10.4 Å². The van der Waals surface area contributed by atoms with E-state index in [1.54, 1.807) is 18.2 Å². The van der Waals surface area contributed by atoms with E-state index < -0.39 is 17.8 Å². The van der Waals surface area contributed by atoms with Crippen LogP contribution in [0.1, 0.15) is 12.0 Å². The molecule has 5 heteroatoms. The molecule has 3 rings (SSSR count). The van der Waals surface area contributed by atoms with E-state index in [-0.39, 0.29) is 17.7 Å². The lowest BCUT2D eigenvalue weighted by atomic mass is 9.82. The van der Waals surface area contributed by atoms with Crippen LogP contribution in [-0.2, 0) is 9.59 Å². The first kappa shape index (κ1) is 14.1. The van der Waals surface area contributed by atoms with Crippen LogP contribution in [-0.4, -0.2) is 11.9 Å². The molecule has 21 heavy (non-hydrogen) atoms. The largest absolute Gasteiger partial charge is 0.550 e. The van der Waals surface area contributed by atoms with Gasteiger partial charge in [0.1, 0.15) is 0 Å². The standard InChI is InChI=1S/C16H16ClNO3/c1-8-11(17)3-2-4-12(8)18-15(19)13-9-5-6-10(7-9)14(13)16(20)21/h2-6,9-10,13-14H,7H2,1H3,(H,18,19)(H,20,21)/p-1/t9-,10-,13+,14-/m0/s1. The third-order valence-corrected chi connectivity index (χ3v) is 4.97. The Morgan fingerprint density at radius 3 is 2.57 bits per heavy atom. The quantitative estimate of drug-likeness (QED) is 0.865. The normalized spacial score (nSPS) is 29.6. The predicted molar refractivity (Wildman–Crippen MR) is 77.5 cm³/mol. The summed E-state index contributed by atoms with van der Waals surface area (Å²) in [6.07, 6.45) is 4.55. The smallest absolute Gasteiger partial charge is 0.228 e. The van der Waals surface area contributed by atoms with E-state index in [2.05, 4.69) is 5.32 Å². The van der Waals surface area contributed by atoms with Crippen molar-refractivity contribution in [3.63, 3.8) is 0 Å². The molecule has 0 radical (unpaired) electrons. The molecule has 2 aliphatic carbocycles. The Balaban J connectivity index is 1.84. The molecule has 110 valence electrons. The second kappa shape index (κ2) is 5.19. The van der Waals surface area contributed by atoms with Gasteiger partial charge < -0.3 is 15.2 Å². The minimum absolute atomic E-state index is 0.0163. The number of benzene rings is 1. The fourth-order valence-electron chi connectivity index (χ4n) is 3.46. The van der Waals surface area contributed by atoms with Crippen LogP contribution in [0.3, 0.4) is 0 Å². The van der Waals surface area contributed by atoms with Crippen molar-refractivity contribution in [1.82, 2.24) is 0 Å². The Hall–Kier alpha value is -1.81. The van der Waals surface area contributed by atoms with Crippen molar-refractivity contribution in [2.75, 3.05) is 5.32 Å². The van der Waals surface area contributed by atoms with Crippen LogP contribution in [0, 0.1) is 30.6 Å². The van der Waals surface area contributed by atoms with Gasteiger partial charge in [-0.05, 0) is 42.9 Å². The monoisotopic (exact) mass is 304 g/mol. The highest BCUT2D eigenvalue weighted by Crippen LogP contribution is 2.48. The number of carbonyl (C=O) groups is 2. The van der Waals surface area contributed by atoms with Gasteiger partial charge in [-0.1, -0.05) is 29.8 Å². The van der Waals surface area contributed by atoms with E-state index in [9.17, 15) is 14.7 Å². The molecule has 0 spiro atoms. The van der Waals surface area contributed by atoms with Crippen LogP contribution >= 0.6 is 11.6 Å². The van der Waals surface area contributed by atoms with Crippen LogP contribution in [0.25, 0.3) is 0 Å². The molecule has 0 aromatic heterocycles. The number of allylic oxidation sites excluding steroid dienone is 2. The molecule has 2 bridgehead atoms. The highest BCUT2D eigenvalue weighted by atomic mass is 35.5. The summed E-state index contributed by atoms with van der Waals surface area (Å²) < 4.78 is 0. The van der Waals surface area contributed by atoms with Crippen molar-refractivity contribution in [2.24, 2.45) is 23.7 Å². The fraction of sp³-hybridized carbons (Fsp3) is 0.375. The summed E-state index contributed by atoms with van der Waals surface area (Å²) >= 11 is 6.03. The lowest BCUT2D eigenvalue weighted by Crippen LogP contribution is -2.42. The maximum absolute atomic E-state index is 12.5. The zero-order valence-electron chi connectivity index (χ0n) is 11.5. The van der Waals surface area contributed by atoms with Crippen molar-refractivity contribution < 1.29 is 14.7 Å². The molecule has 4 nitrogen and oxygen atoms in total. The Labute approximate surface area is 127 Å². The molecule has 1 N–H and O–H groups in total. The average Bonchev–Trinajstić information content (AvgIpc) is 3.04. The summed E-state index contributed by atoms with van der Waals surface area (Å²) in [5, 5.41) is 14.7. The molecule has 1 amide bonds. The molecule has 2 aliphatic rings. The molecule has 1 fully saturated rings. The number of halogens is 1. The third-order valence-electron chi connectivity index (χ3n) is 4.56. The zero-order chi connectivity index (χ0) is 15.1. The summed E-state index contributed by atoms with van der Waals surface area (Å²) in [6, 6.07) is 5.26. The van der Waals surface area contributed by atoms with Gasteiger partial charge in [-0.3, -0.25) is 4.79 Å². The zero-order valence-corrected chi connectivity index (χ0v) is 12.3. The lowest BCUT2D eigenvalue weighted by molar-refractivity contribution is -0.313. The number of hydrogen-bond acceptors (Lipinski definition) is 3. The highest BCUT2D eigenvalue weighted by Gasteiger charge is 2.48. The van der Waals surface area contributed by atoms with Gasteiger partial charge in [0.25, 0.3) is 0 Å². The second-order valence-electron chi connectivity index (χ2n) is 5.72. The Morgan fingerprint density at radius 2 is 1.90 bits per heavy atom. The average molecular weight is 305 g/mol. The molecule has 1 aromatic rings. The van der Waals surface area contributed by atoms with E-state index in [0.717, 1.165) is 5.56 Å². The number of amides is 1. The van der Waals surface area contributed by atoms with Crippen LogP contribution in [0.4, 0.5) is 5.69 Å². The minimum atomic E-state index is -1.14. The summed E-state index contributed by atoms with van der Waals surface area (Å²) in [7, 11) is 0. The van der Waals surface area contributed by atoms with Gasteiger partial charge in [0.2, 0.25) is 5.91 Å². The van der Waals surface area contributed by atoms with Gasteiger partial charge in [0.15, 0.2) is 0 Å². The molecule has 0 heterocycles. The van der Waals surface area contributed by atoms with Gasteiger partial charge in [-0.15, -0.1) is 0 Å². The van der Waals surface area contributed by atoms with E-state index in [1.165, 1.54) is 0 Å². The van der Waals surface area contributed by atoms with Crippen molar-refractivity contribution in [1.29, 1.82) is 0 Å². The van der Waals surface area contributed by atoms with Gasteiger partial charge in [-0.25, -0.2) is 0 Å². The van der Waals surface area contributed by atoms with Gasteiger partial charge in [0, 0.05) is 22.6 Å². The minimum Gasteiger partial charge on any atom is -0.550 e. The number of carboxylic acid groups (broad SMARTS) is 1. The Morgan fingerprint density at radius 1 is 1.24 bits per heavy atom. The van der Waals surface area contributed by atoms with Crippen LogP contribution in [0.15, 0.2) is 30.4 Å². The molecule has 1 aromatic carbocycles. The van der Waals surface area contributed by atoms with Crippen LogP contribution in [0.5, 0.6) is 0 Å². The summed E-state index contributed by atoms with van der Waals surface area (Å²) in [5.41, 5.74) is 1.40. The summed E-state index contributed by atoms with van der Waals surface area (Å²) in [4.78, 5) is 23.8. The first-order chi connectivity index (χ1) is 9.99. The SMILES string of the molecule is Cc1c(Cl)cccc1NC(=O)[C@H]1[C@@H](C(=O)[O-])[C@H]2C=C[C@H]1C2. The van der Waals surface area contributed by atoms with E-state index in [0.29, 0.717) is 17.1 Å². The van der Waals surface area contributed by atoms with Gasteiger partial charge in [0.05, 0.1) is 5.92 Å². The third kappa shape index (κ3) is 2.33. The second-order valence-corrected chi connectivity index (χ2v) is 6.13. The highest BCUT2D eigenvalue weighted by molar-refractivity contribution is 6.31. The molecule has 4 atom stereocenters. The molecule has 1 saturated carbocycles. The number of hydrogen-bond donors (Lipinski definition) is 1. The number of fused-ring (bicyclic) bond motifs is 2. The van der Waals surface area contributed by atoms with Crippen molar-refractivity contribution in [3.05, 3.63) is 40.9 Å². The Kier molecular flexibility index (Phi) is 3.49. The first-order valence-electron chi connectivity index (χ1n) is 6.94. The maximum atomic E-state index is 12.5. The van der Waals surface area contributed by atoms with Gasteiger partial charge >= 0.3 is 0 Å². The Bertz CT molecular complexity index is 640. The van der Waals surface area contributed by atoms with Crippen LogP contribution in [0.2, 0.25) is 5.02 Å². The predicted octanol–water partition coefficient (Wildman–Crippen LogP) is 1.78. The maximum Gasteiger partial charge on any atom is 0.228 e. The molecular formula is C16H15ClNO3-. The first-order valence-corrected chi connectivity index (χ1v) is 7.32. The molecular weight excluding hydrogens is 290 g/mol. The van der Waals surface area contributed by atoms with Crippen molar-refractivity contribution >= 4 is 29.2 Å². The van der Waals surface area contributed by atoms with Crippen molar-refractivity contribution in [2.45, 2.75) is 13.3 Å². The molecule has 0 unspecified atom stereocenters. The van der Waals surface area contributed by atoms with E-state index in [4.69, 9.17) is 11.6 Å². The number of aliphatic carboxylic acids is 1. The number of carboxylic acids is 1. The number of carbonyl (C=O) groups excluding carboxylic acids is 2. The van der Waals surface area contributed by atoms with Gasteiger partial charge in [-0.2, -0.15) is 0 Å². The molecule has 0 aliphatic heterocycles. The molecule has 0 saturated heterocycles. The summed E-state index contributed by atoms with van der Waals surface area (Å²) in [5.74, 6) is -2.82. The number of nitrogens with one attached hydrogen (secondary N) is 1. The number of rotatable bonds is 3.